The number of aromatic nitrogens is 2. The predicted octanol–water partition coefficient (Wildman–Crippen LogP) is 3.24. The van der Waals surface area contributed by atoms with Gasteiger partial charge in [0.25, 0.3) is 5.78 Å². The molecule has 2 heterocycles. The van der Waals surface area contributed by atoms with Gasteiger partial charge in [0.05, 0.1) is 5.57 Å². The molecule has 0 saturated carbocycles. The average molecular weight is 375 g/mol. The lowest BCUT2D eigenvalue weighted by atomic mass is 9.95. The van der Waals surface area contributed by atoms with Crippen molar-refractivity contribution in [2.75, 3.05) is 4.90 Å². The molecule has 1 atom stereocenters. The second kappa shape index (κ2) is 7.03. The highest BCUT2D eigenvalue weighted by Crippen LogP contribution is 2.41. The van der Waals surface area contributed by atoms with Crippen LogP contribution in [0.5, 0.6) is 0 Å². The van der Waals surface area contributed by atoms with Crippen molar-refractivity contribution in [3.05, 3.63) is 95.6 Å². The van der Waals surface area contributed by atoms with E-state index in [4.69, 9.17) is 0 Å². The standard InChI is InChI=1S/C21H14FN3O3/c22-15-10-5-4-9-14(15)17-16(18(26)13-7-2-1-3-8-13)19(27)20(28)25(17)21-23-11-6-12-24-21/h1-12,17,26H/t17-/m1/s1. The van der Waals surface area contributed by atoms with E-state index in [9.17, 15) is 19.1 Å². The maximum atomic E-state index is 14.6. The van der Waals surface area contributed by atoms with Crippen LogP contribution in [0.4, 0.5) is 10.3 Å². The van der Waals surface area contributed by atoms with Gasteiger partial charge in [0.2, 0.25) is 5.95 Å². The number of Topliss-reactive ketones (excluding diaryl/α,β-unsaturated/α-hetero) is 1. The Balaban J connectivity index is 1.98. The summed E-state index contributed by atoms with van der Waals surface area (Å²) < 4.78 is 14.6. The van der Waals surface area contributed by atoms with Crippen LogP contribution in [0.1, 0.15) is 17.2 Å². The number of nitrogens with zero attached hydrogens (tertiary/aromatic N) is 3. The molecule has 7 heteroatoms. The van der Waals surface area contributed by atoms with Crippen molar-refractivity contribution >= 4 is 23.4 Å². The first-order chi connectivity index (χ1) is 13.6. The molecule has 4 rings (SSSR count). The van der Waals surface area contributed by atoms with Gasteiger partial charge in [-0.1, -0.05) is 48.5 Å². The fraction of sp³-hybridized carbons (Fsp3) is 0.0476. The van der Waals surface area contributed by atoms with E-state index in [2.05, 4.69) is 9.97 Å². The topological polar surface area (TPSA) is 83.4 Å². The Morgan fingerprint density at radius 1 is 0.929 bits per heavy atom. The van der Waals surface area contributed by atoms with Crippen molar-refractivity contribution in [2.45, 2.75) is 6.04 Å². The minimum atomic E-state index is -1.19. The lowest BCUT2D eigenvalue weighted by Crippen LogP contribution is -2.31. The maximum Gasteiger partial charge on any atom is 0.302 e. The fourth-order valence-electron chi connectivity index (χ4n) is 3.20. The Morgan fingerprint density at radius 3 is 2.25 bits per heavy atom. The van der Waals surface area contributed by atoms with Crippen LogP contribution in [0, 0.1) is 5.82 Å². The van der Waals surface area contributed by atoms with Gasteiger partial charge >= 0.3 is 5.91 Å². The lowest BCUT2D eigenvalue weighted by Gasteiger charge is -2.23. The summed E-state index contributed by atoms with van der Waals surface area (Å²) in [4.78, 5) is 34.7. The van der Waals surface area contributed by atoms with E-state index >= 15 is 0 Å². The van der Waals surface area contributed by atoms with Crippen LogP contribution in [0.15, 0.2) is 78.6 Å². The molecular weight excluding hydrogens is 361 g/mol. The molecule has 0 radical (unpaired) electrons. The summed E-state index contributed by atoms with van der Waals surface area (Å²) in [6.45, 7) is 0. The molecule has 138 valence electrons. The number of amides is 1. The Morgan fingerprint density at radius 2 is 1.57 bits per heavy atom. The number of aliphatic hydroxyl groups is 1. The zero-order valence-electron chi connectivity index (χ0n) is 14.5. The van der Waals surface area contributed by atoms with Crippen LogP contribution in [0.2, 0.25) is 0 Å². The predicted molar refractivity (Wildman–Crippen MR) is 99.7 cm³/mol. The summed E-state index contributed by atoms with van der Waals surface area (Å²) in [5.41, 5.74) is 0.191. The van der Waals surface area contributed by atoms with Gasteiger partial charge in [-0.15, -0.1) is 0 Å². The molecule has 1 aliphatic heterocycles. The molecule has 1 N–H and O–H groups in total. The van der Waals surface area contributed by atoms with E-state index in [1.807, 2.05) is 0 Å². The number of carbonyl (C=O) groups is 2. The molecule has 1 fully saturated rings. The largest absolute Gasteiger partial charge is 0.507 e. The van der Waals surface area contributed by atoms with Gasteiger partial charge in [0, 0.05) is 23.5 Å². The summed E-state index contributed by atoms with van der Waals surface area (Å²) in [6.07, 6.45) is 2.83. The van der Waals surface area contributed by atoms with E-state index in [-0.39, 0.29) is 22.8 Å². The summed E-state index contributed by atoms with van der Waals surface area (Å²) in [6, 6.07) is 14.5. The monoisotopic (exact) mass is 375 g/mol. The van der Waals surface area contributed by atoms with Gasteiger partial charge in [0.15, 0.2) is 0 Å². The highest BCUT2D eigenvalue weighted by Gasteiger charge is 2.48. The second-order valence-corrected chi connectivity index (χ2v) is 6.11. The van der Waals surface area contributed by atoms with Gasteiger partial charge in [-0.3, -0.25) is 14.5 Å². The van der Waals surface area contributed by atoms with Crippen molar-refractivity contribution in [3.63, 3.8) is 0 Å². The van der Waals surface area contributed by atoms with Crippen LogP contribution in [-0.4, -0.2) is 26.8 Å². The van der Waals surface area contributed by atoms with Crippen molar-refractivity contribution in [2.24, 2.45) is 0 Å². The summed E-state index contributed by atoms with van der Waals surface area (Å²) in [5, 5.41) is 10.8. The Kier molecular flexibility index (Phi) is 4.41. The molecule has 0 unspecified atom stereocenters. The first-order valence-electron chi connectivity index (χ1n) is 8.47. The van der Waals surface area contributed by atoms with Crippen molar-refractivity contribution < 1.29 is 19.1 Å². The molecule has 3 aromatic rings. The van der Waals surface area contributed by atoms with Gasteiger partial charge in [-0.05, 0) is 12.1 Å². The smallest absolute Gasteiger partial charge is 0.302 e. The number of anilines is 1. The van der Waals surface area contributed by atoms with Gasteiger partial charge in [-0.2, -0.15) is 0 Å². The average Bonchev–Trinajstić information content (AvgIpc) is 3.00. The number of aliphatic hydroxyl groups excluding tert-OH is 1. The highest BCUT2D eigenvalue weighted by atomic mass is 19.1. The number of carbonyl (C=O) groups excluding carboxylic acids is 2. The summed E-state index contributed by atoms with van der Waals surface area (Å²) in [5.74, 6) is -2.91. The molecule has 0 spiro atoms. The Bertz CT molecular complexity index is 1080. The van der Waals surface area contributed by atoms with E-state index in [0.717, 1.165) is 4.90 Å². The zero-order chi connectivity index (χ0) is 19.7. The van der Waals surface area contributed by atoms with Gasteiger partial charge in [0.1, 0.15) is 17.6 Å². The number of halogens is 1. The zero-order valence-corrected chi connectivity index (χ0v) is 14.5. The van der Waals surface area contributed by atoms with Crippen molar-refractivity contribution in [3.8, 4) is 0 Å². The molecule has 0 bridgehead atoms. The van der Waals surface area contributed by atoms with Gasteiger partial charge in [-0.25, -0.2) is 14.4 Å². The molecule has 1 aromatic heterocycles. The van der Waals surface area contributed by atoms with Crippen LogP contribution in [0.3, 0.4) is 0 Å². The molecule has 1 aliphatic rings. The Labute approximate surface area is 159 Å². The van der Waals surface area contributed by atoms with Crippen LogP contribution in [0.25, 0.3) is 5.76 Å². The summed E-state index contributed by atoms with van der Waals surface area (Å²) >= 11 is 0. The number of rotatable bonds is 3. The molecule has 1 saturated heterocycles. The minimum Gasteiger partial charge on any atom is -0.507 e. The van der Waals surface area contributed by atoms with Gasteiger partial charge < -0.3 is 5.11 Å². The third-order valence-corrected chi connectivity index (χ3v) is 4.46. The van der Waals surface area contributed by atoms with E-state index in [1.54, 1.807) is 42.5 Å². The third-order valence-electron chi connectivity index (χ3n) is 4.46. The van der Waals surface area contributed by atoms with Crippen LogP contribution < -0.4 is 4.90 Å². The Hall–Kier alpha value is -3.87. The maximum absolute atomic E-state index is 14.6. The van der Waals surface area contributed by atoms with E-state index in [0.29, 0.717) is 5.56 Å². The van der Waals surface area contributed by atoms with Crippen LogP contribution >= 0.6 is 0 Å². The van der Waals surface area contributed by atoms with Crippen LogP contribution in [-0.2, 0) is 9.59 Å². The first kappa shape index (κ1) is 17.5. The number of hydrogen-bond donors (Lipinski definition) is 1. The first-order valence-corrected chi connectivity index (χ1v) is 8.47. The normalized spacial score (nSPS) is 18.5. The third kappa shape index (κ3) is 2.83. The van der Waals surface area contributed by atoms with E-state index in [1.165, 1.54) is 30.6 Å². The fourth-order valence-corrected chi connectivity index (χ4v) is 3.20. The second-order valence-electron chi connectivity index (χ2n) is 6.11. The highest BCUT2D eigenvalue weighted by molar-refractivity contribution is 6.51. The molecule has 2 aromatic carbocycles. The number of hydrogen-bond acceptors (Lipinski definition) is 5. The van der Waals surface area contributed by atoms with E-state index < -0.39 is 23.5 Å². The number of ketones is 1. The molecule has 0 aliphatic carbocycles. The molecule has 28 heavy (non-hydrogen) atoms. The van der Waals surface area contributed by atoms with Crippen molar-refractivity contribution in [1.82, 2.24) is 9.97 Å². The minimum absolute atomic E-state index is 0.0510. The molecule has 6 nitrogen and oxygen atoms in total. The summed E-state index contributed by atoms with van der Waals surface area (Å²) in [7, 11) is 0. The molecule has 1 amide bonds. The molecular formula is C21H14FN3O3. The lowest BCUT2D eigenvalue weighted by molar-refractivity contribution is -0.132. The quantitative estimate of drug-likeness (QED) is 0.432. The van der Waals surface area contributed by atoms with Crippen molar-refractivity contribution in [1.29, 1.82) is 0 Å². The SMILES string of the molecule is O=C1C(=O)N(c2ncccn2)[C@H](c2ccccc2F)C1=C(O)c1ccccc1. The number of benzene rings is 2.